The van der Waals surface area contributed by atoms with Crippen molar-refractivity contribution in [3.05, 3.63) is 18.0 Å². The third-order valence-corrected chi connectivity index (χ3v) is 5.39. The fourth-order valence-corrected chi connectivity index (χ4v) is 4.12. The van der Waals surface area contributed by atoms with Crippen LogP contribution in [0.4, 0.5) is 5.95 Å². The van der Waals surface area contributed by atoms with Crippen molar-refractivity contribution in [1.82, 2.24) is 14.9 Å². The zero-order valence-electron chi connectivity index (χ0n) is 14.4. The molecule has 1 aliphatic heterocycles. The summed E-state index contributed by atoms with van der Waals surface area (Å²) >= 11 is 0. The molecule has 2 fully saturated rings. The maximum Gasteiger partial charge on any atom is 0.225 e. The maximum absolute atomic E-state index is 9.76. The van der Waals surface area contributed by atoms with E-state index in [0.717, 1.165) is 50.5 Å². The van der Waals surface area contributed by atoms with Crippen LogP contribution in [0, 0.1) is 5.41 Å². The molecule has 2 aliphatic rings. The van der Waals surface area contributed by atoms with Gasteiger partial charge in [-0.05, 0) is 39.2 Å². The first-order valence-electron chi connectivity index (χ1n) is 9.06. The van der Waals surface area contributed by atoms with E-state index in [1.54, 1.807) is 0 Å². The molecule has 1 aromatic heterocycles. The fourth-order valence-electron chi connectivity index (χ4n) is 4.12. The molecular formula is C18H30N4O. The molecule has 0 bridgehead atoms. The topological polar surface area (TPSA) is 52.5 Å². The average molecular weight is 318 g/mol. The van der Waals surface area contributed by atoms with Crippen molar-refractivity contribution in [3.8, 4) is 0 Å². The highest BCUT2D eigenvalue weighted by Crippen LogP contribution is 2.38. The molecule has 2 heterocycles. The lowest BCUT2D eigenvalue weighted by Crippen LogP contribution is -2.36. The van der Waals surface area contributed by atoms with Crippen LogP contribution in [0.2, 0.25) is 0 Å². The van der Waals surface area contributed by atoms with Crippen LogP contribution in [-0.4, -0.2) is 53.3 Å². The summed E-state index contributed by atoms with van der Waals surface area (Å²) in [5, 5.41) is 9.76. The predicted molar refractivity (Wildman–Crippen MR) is 92.4 cm³/mol. The summed E-state index contributed by atoms with van der Waals surface area (Å²) in [4.78, 5) is 13.7. The van der Waals surface area contributed by atoms with Gasteiger partial charge < -0.3 is 14.9 Å². The van der Waals surface area contributed by atoms with Crippen molar-refractivity contribution in [2.45, 2.75) is 51.5 Å². The lowest BCUT2D eigenvalue weighted by atomic mass is 9.86. The van der Waals surface area contributed by atoms with Gasteiger partial charge in [-0.15, -0.1) is 0 Å². The summed E-state index contributed by atoms with van der Waals surface area (Å²) in [5.74, 6) is 0.874. The fraction of sp³-hybridized carbons (Fsp3) is 0.778. The zero-order valence-corrected chi connectivity index (χ0v) is 14.4. The summed E-state index contributed by atoms with van der Waals surface area (Å²) in [6.45, 7) is 4.28. The van der Waals surface area contributed by atoms with Gasteiger partial charge in [0.15, 0.2) is 0 Å². The molecule has 5 nitrogen and oxygen atoms in total. The summed E-state index contributed by atoms with van der Waals surface area (Å²) in [5.41, 5.74) is 1.27. The number of aliphatic hydroxyl groups is 1. The van der Waals surface area contributed by atoms with Gasteiger partial charge in [-0.2, -0.15) is 0 Å². The van der Waals surface area contributed by atoms with Crippen LogP contribution in [0.15, 0.2) is 12.4 Å². The Balaban J connectivity index is 1.55. The highest BCUT2D eigenvalue weighted by molar-refractivity contribution is 5.30. The monoisotopic (exact) mass is 318 g/mol. The predicted octanol–water partition coefficient (Wildman–Crippen LogP) is 2.45. The number of rotatable bonds is 6. The van der Waals surface area contributed by atoms with Crippen molar-refractivity contribution in [2.24, 2.45) is 5.41 Å². The Morgan fingerprint density at radius 1 is 1.09 bits per heavy atom. The van der Waals surface area contributed by atoms with Crippen LogP contribution < -0.4 is 4.90 Å². The largest absolute Gasteiger partial charge is 0.396 e. The molecule has 1 saturated carbocycles. The first-order chi connectivity index (χ1) is 11.2. The van der Waals surface area contributed by atoms with E-state index in [1.807, 2.05) is 12.4 Å². The standard InChI is InChI=1S/C18H30N4O/c1-21(14-18(15-23)7-3-4-8-18)13-16-11-19-17(20-12-16)22-9-5-2-6-10-22/h11-12,23H,2-10,13-15H2,1H3. The van der Waals surface area contributed by atoms with Gasteiger partial charge in [0.25, 0.3) is 0 Å². The van der Waals surface area contributed by atoms with Crippen molar-refractivity contribution < 1.29 is 5.11 Å². The Kier molecular flexibility index (Phi) is 5.49. The molecular weight excluding hydrogens is 288 g/mol. The van der Waals surface area contributed by atoms with Crippen LogP contribution in [0.5, 0.6) is 0 Å². The van der Waals surface area contributed by atoms with E-state index < -0.39 is 0 Å². The second kappa shape index (κ2) is 7.58. The lowest BCUT2D eigenvalue weighted by molar-refractivity contribution is 0.0863. The third kappa shape index (κ3) is 4.21. The third-order valence-electron chi connectivity index (χ3n) is 5.39. The first kappa shape index (κ1) is 16.7. The van der Waals surface area contributed by atoms with E-state index in [9.17, 15) is 5.11 Å². The van der Waals surface area contributed by atoms with E-state index >= 15 is 0 Å². The van der Waals surface area contributed by atoms with Gasteiger partial charge in [0.05, 0.1) is 0 Å². The highest BCUT2D eigenvalue weighted by Gasteiger charge is 2.34. The lowest BCUT2D eigenvalue weighted by Gasteiger charge is -2.32. The van der Waals surface area contributed by atoms with E-state index in [0.29, 0.717) is 6.61 Å². The Labute approximate surface area is 139 Å². The van der Waals surface area contributed by atoms with E-state index in [4.69, 9.17) is 0 Å². The highest BCUT2D eigenvalue weighted by atomic mass is 16.3. The van der Waals surface area contributed by atoms with Gasteiger partial charge in [0, 0.05) is 56.2 Å². The molecule has 1 aliphatic carbocycles. The average Bonchev–Trinajstić information content (AvgIpc) is 3.05. The van der Waals surface area contributed by atoms with Gasteiger partial charge in [0.2, 0.25) is 5.95 Å². The quantitative estimate of drug-likeness (QED) is 0.873. The SMILES string of the molecule is CN(Cc1cnc(N2CCCCC2)nc1)CC1(CO)CCCC1. The van der Waals surface area contributed by atoms with Crippen molar-refractivity contribution in [2.75, 3.05) is 38.2 Å². The summed E-state index contributed by atoms with van der Waals surface area (Å²) in [7, 11) is 2.13. The Morgan fingerprint density at radius 3 is 2.35 bits per heavy atom. The minimum Gasteiger partial charge on any atom is -0.396 e. The summed E-state index contributed by atoms with van der Waals surface area (Å²) in [6.07, 6.45) is 12.6. The van der Waals surface area contributed by atoms with Gasteiger partial charge >= 0.3 is 0 Å². The van der Waals surface area contributed by atoms with E-state index in [1.165, 1.54) is 32.1 Å². The molecule has 0 radical (unpaired) electrons. The Bertz CT molecular complexity index is 478. The maximum atomic E-state index is 9.76. The zero-order chi connectivity index (χ0) is 16.1. The number of piperidine rings is 1. The molecule has 1 aromatic rings. The Morgan fingerprint density at radius 2 is 1.74 bits per heavy atom. The number of anilines is 1. The number of hydrogen-bond donors (Lipinski definition) is 1. The number of aromatic nitrogens is 2. The summed E-state index contributed by atoms with van der Waals surface area (Å²) in [6, 6.07) is 0. The molecule has 0 atom stereocenters. The smallest absolute Gasteiger partial charge is 0.225 e. The van der Waals surface area contributed by atoms with Gasteiger partial charge in [0.1, 0.15) is 0 Å². The molecule has 0 unspecified atom stereocenters. The Hall–Kier alpha value is -1.20. The van der Waals surface area contributed by atoms with E-state index in [2.05, 4.69) is 26.8 Å². The molecule has 1 saturated heterocycles. The van der Waals surface area contributed by atoms with Crippen molar-refractivity contribution in [1.29, 1.82) is 0 Å². The molecule has 23 heavy (non-hydrogen) atoms. The van der Waals surface area contributed by atoms with Gasteiger partial charge in [-0.1, -0.05) is 12.8 Å². The van der Waals surface area contributed by atoms with Crippen LogP contribution in [0.25, 0.3) is 0 Å². The van der Waals surface area contributed by atoms with Gasteiger partial charge in [-0.3, -0.25) is 0 Å². The minimum absolute atomic E-state index is 0.114. The molecule has 0 spiro atoms. The van der Waals surface area contributed by atoms with Crippen LogP contribution in [0.3, 0.4) is 0 Å². The number of aliphatic hydroxyl groups excluding tert-OH is 1. The minimum atomic E-state index is 0.114. The molecule has 0 amide bonds. The molecule has 1 N–H and O–H groups in total. The number of nitrogens with zero attached hydrogens (tertiary/aromatic N) is 4. The second-order valence-electron chi connectivity index (χ2n) is 7.48. The normalized spacial score (nSPS) is 21.1. The number of hydrogen-bond acceptors (Lipinski definition) is 5. The first-order valence-corrected chi connectivity index (χ1v) is 9.06. The van der Waals surface area contributed by atoms with E-state index in [-0.39, 0.29) is 5.41 Å². The summed E-state index contributed by atoms with van der Waals surface area (Å²) < 4.78 is 0. The second-order valence-corrected chi connectivity index (χ2v) is 7.48. The van der Waals surface area contributed by atoms with Crippen molar-refractivity contribution in [3.63, 3.8) is 0 Å². The molecule has 5 heteroatoms. The van der Waals surface area contributed by atoms with Crippen LogP contribution in [0.1, 0.15) is 50.5 Å². The van der Waals surface area contributed by atoms with Crippen molar-refractivity contribution >= 4 is 5.95 Å². The molecule has 0 aromatic carbocycles. The molecule has 128 valence electrons. The van der Waals surface area contributed by atoms with Crippen LogP contribution >= 0.6 is 0 Å². The van der Waals surface area contributed by atoms with Gasteiger partial charge in [-0.25, -0.2) is 9.97 Å². The van der Waals surface area contributed by atoms with Crippen LogP contribution in [-0.2, 0) is 6.54 Å². The molecule has 3 rings (SSSR count).